The van der Waals surface area contributed by atoms with Gasteiger partial charge in [0.25, 0.3) is 11.5 Å². The zero-order chi connectivity index (χ0) is 21.0. The molecule has 0 spiro atoms. The number of benzene rings is 2. The van der Waals surface area contributed by atoms with Crippen molar-refractivity contribution in [3.05, 3.63) is 70.1 Å². The summed E-state index contributed by atoms with van der Waals surface area (Å²) in [4.78, 5) is 37.5. The lowest BCUT2D eigenvalue weighted by atomic mass is 10.1. The van der Waals surface area contributed by atoms with Gasteiger partial charge >= 0.3 is 5.97 Å². The first-order valence-electron chi connectivity index (χ1n) is 9.10. The number of anilines is 1. The van der Waals surface area contributed by atoms with E-state index in [0.29, 0.717) is 11.1 Å². The van der Waals surface area contributed by atoms with Gasteiger partial charge in [-0.05, 0) is 37.6 Å². The molecule has 8 nitrogen and oxygen atoms in total. The number of nitrogens with zero attached hydrogens (tertiary/aromatic N) is 2. The first-order valence-corrected chi connectivity index (χ1v) is 9.10. The van der Waals surface area contributed by atoms with Crippen LogP contribution in [0.1, 0.15) is 23.0 Å². The molecule has 1 heterocycles. The van der Waals surface area contributed by atoms with Crippen molar-refractivity contribution in [3.63, 3.8) is 0 Å². The van der Waals surface area contributed by atoms with Gasteiger partial charge in [0, 0.05) is 11.1 Å². The van der Waals surface area contributed by atoms with Crippen LogP contribution >= 0.6 is 0 Å². The van der Waals surface area contributed by atoms with Gasteiger partial charge in [0.1, 0.15) is 0 Å². The minimum atomic E-state index is -1.08. The molecule has 0 aliphatic rings. The minimum absolute atomic E-state index is 0.0622. The molecule has 3 aromatic rings. The van der Waals surface area contributed by atoms with Crippen LogP contribution in [0, 0.1) is 6.92 Å². The molecular formula is C21H21N3O5. The van der Waals surface area contributed by atoms with E-state index < -0.39 is 23.5 Å². The molecule has 150 valence electrons. The Morgan fingerprint density at radius 3 is 2.59 bits per heavy atom. The molecule has 0 saturated carbocycles. The Hall–Kier alpha value is -3.52. The smallest absolute Gasteiger partial charge is 0.360 e. The Labute approximate surface area is 166 Å². The molecule has 0 bridgehead atoms. The van der Waals surface area contributed by atoms with Crippen molar-refractivity contribution in [1.29, 1.82) is 0 Å². The Bertz CT molecular complexity index is 1120. The standard InChI is InChI=1S/C21H21N3O5/c1-13-6-5-7-15(12-13)22-19(26)14(2)29-21(28)18-16-8-3-4-9-17(16)20(27)24(23-18)10-11-25/h3-9,12,14,25H,10-11H2,1-2H3,(H,22,26)/t14-/m0/s1. The number of aliphatic hydroxyl groups is 1. The van der Waals surface area contributed by atoms with E-state index in [1.165, 1.54) is 6.92 Å². The van der Waals surface area contributed by atoms with Crippen LogP contribution in [-0.2, 0) is 16.1 Å². The number of aliphatic hydroxyl groups excluding tert-OH is 1. The van der Waals surface area contributed by atoms with E-state index in [9.17, 15) is 14.4 Å². The summed E-state index contributed by atoms with van der Waals surface area (Å²) in [6, 6.07) is 13.7. The van der Waals surface area contributed by atoms with Crippen LogP contribution in [0.15, 0.2) is 53.3 Å². The molecule has 0 unspecified atom stereocenters. The average Bonchev–Trinajstić information content (AvgIpc) is 2.70. The zero-order valence-corrected chi connectivity index (χ0v) is 16.1. The van der Waals surface area contributed by atoms with E-state index >= 15 is 0 Å². The van der Waals surface area contributed by atoms with Crippen molar-refractivity contribution in [2.45, 2.75) is 26.5 Å². The van der Waals surface area contributed by atoms with Crippen LogP contribution in [0.4, 0.5) is 5.69 Å². The highest BCUT2D eigenvalue weighted by molar-refractivity contribution is 6.03. The fourth-order valence-corrected chi connectivity index (χ4v) is 2.87. The summed E-state index contributed by atoms with van der Waals surface area (Å²) < 4.78 is 6.30. The van der Waals surface area contributed by atoms with Gasteiger partial charge in [0.05, 0.1) is 18.5 Å². The van der Waals surface area contributed by atoms with Crippen LogP contribution in [-0.4, -0.2) is 39.5 Å². The number of carbonyl (C=O) groups excluding carboxylic acids is 2. The molecule has 0 aliphatic carbocycles. The lowest BCUT2D eigenvalue weighted by Crippen LogP contribution is -2.32. The second-order valence-electron chi connectivity index (χ2n) is 6.55. The Morgan fingerprint density at radius 2 is 1.90 bits per heavy atom. The van der Waals surface area contributed by atoms with Gasteiger partial charge < -0.3 is 15.2 Å². The third-order valence-corrected chi connectivity index (χ3v) is 4.31. The van der Waals surface area contributed by atoms with E-state index in [2.05, 4.69) is 10.4 Å². The molecule has 29 heavy (non-hydrogen) atoms. The first kappa shape index (κ1) is 20.2. The molecule has 8 heteroatoms. The topological polar surface area (TPSA) is 111 Å². The summed E-state index contributed by atoms with van der Waals surface area (Å²) >= 11 is 0. The van der Waals surface area contributed by atoms with Gasteiger partial charge in [-0.3, -0.25) is 9.59 Å². The van der Waals surface area contributed by atoms with Gasteiger partial charge in [-0.15, -0.1) is 0 Å². The highest BCUT2D eigenvalue weighted by Gasteiger charge is 2.23. The summed E-state index contributed by atoms with van der Waals surface area (Å²) in [6.45, 7) is 2.98. The number of ether oxygens (including phenoxy) is 1. The largest absolute Gasteiger partial charge is 0.448 e. The summed E-state index contributed by atoms with van der Waals surface area (Å²) in [5.41, 5.74) is 1.06. The maximum absolute atomic E-state index is 12.7. The maximum atomic E-state index is 12.7. The second-order valence-corrected chi connectivity index (χ2v) is 6.55. The average molecular weight is 395 g/mol. The predicted molar refractivity (Wildman–Crippen MR) is 108 cm³/mol. The number of rotatable bonds is 6. The van der Waals surface area contributed by atoms with Gasteiger partial charge in [-0.2, -0.15) is 5.10 Å². The van der Waals surface area contributed by atoms with Crippen LogP contribution in [0.25, 0.3) is 10.8 Å². The van der Waals surface area contributed by atoms with E-state index in [1.54, 1.807) is 36.4 Å². The number of fused-ring (bicyclic) bond motifs is 1. The molecule has 2 aromatic carbocycles. The van der Waals surface area contributed by atoms with Crippen molar-refractivity contribution in [1.82, 2.24) is 9.78 Å². The van der Waals surface area contributed by atoms with Crippen molar-refractivity contribution in [2.24, 2.45) is 0 Å². The lowest BCUT2D eigenvalue weighted by Gasteiger charge is -2.15. The molecule has 1 amide bonds. The normalized spacial score (nSPS) is 11.8. The molecule has 0 saturated heterocycles. The summed E-state index contributed by atoms with van der Waals surface area (Å²) in [5.74, 6) is -1.32. The molecule has 1 atom stereocenters. The van der Waals surface area contributed by atoms with Crippen molar-refractivity contribution in [2.75, 3.05) is 11.9 Å². The fraction of sp³-hybridized carbons (Fsp3) is 0.238. The van der Waals surface area contributed by atoms with Gasteiger partial charge in [0.2, 0.25) is 0 Å². The van der Waals surface area contributed by atoms with Crippen LogP contribution in [0.2, 0.25) is 0 Å². The fourth-order valence-electron chi connectivity index (χ4n) is 2.87. The molecule has 0 radical (unpaired) electrons. The summed E-state index contributed by atoms with van der Waals surface area (Å²) in [6.07, 6.45) is -1.08. The SMILES string of the molecule is Cc1cccc(NC(=O)[C@H](C)OC(=O)c2nn(CCO)c(=O)c3ccccc23)c1. The van der Waals surface area contributed by atoms with Crippen molar-refractivity contribution in [3.8, 4) is 0 Å². The van der Waals surface area contributed by atoms with E-state index in [-0.39, 0.29) is 24.2 Å². The Balaban J connectivity index is 1.84. The number of aromatic nitrogens is 2. The van der Waals surface area contributed by atoms with Crippen LogP contribution in [0.5, 0.6) is 0 Å². The molecular weight excluding hydrogens is 374 g/mol. The molecule has 0 fully saturated rings. The van der Waals surface area contributed by atoms with Gasteiger partial charge in [-0.1, -0.05) is 30.3 Å². The second kappa shape index (κ2) is 8.66. The maximum Gasteiger partial charge on any atom is 0.360 e. The zero-order valence-electron chi connectivity index (χ0n) is 16.1. The van der Waals surface area contributed by atoms with E-state index in [0.717, 1.165) is 10.2 Å². The number of hydrogen-bond donors (Lipinski definition) is 2. The summed E-state index contributed by atoms with van der Waals surface area (Å²) in [7, 11) is 0. The molecule has 3 rings (SSSR count). The van der Waals surface area contributed by atoms with Crippen LogP contribution in [0.3, 0.4) is 0 Å². The number of nitrogens with one attached hydrogen (secondary N) is 1. The van der Waals surface area contributed by atoms with Crippen LogP contribution < -0.4 is 10.9 Å². The quantitative estimate of drug-likeness (QED) is 0.617. The number of esters is 1. The third kappa shape index (κ3) is 4.49. The Kier molecular flexibility index (Phi) is 6.04. The lowest BCUT2D eigenvalue weighted by molar-refractivity contribution is -0.123. The van der Waals surface area contributed by atoms with Gasteiger partial charge in [0.15, 0.2) is 11.8 Å². The number of carbonyl (C=O) groups is 2. The van der Waals surface area contributed by atoms with E-state index in [1.807, 2.05) is 19.1 Å². The van der Waals surface area contributed by atoms with Crippen molar-refractivity contribution >= 4 is 28.3 Å². The number of aryl methyl sites for hydroxylation is 1. The highest BCUT2D eigenvalue weighted by atomic mass is 16.5. The number of amides is 1. The van der Waals surface area contributed by atoms with Gasteiger partial charge in [-0.25, -0.2) is 9.48 Å². The third-order valence-electron chi connectivity index (χ3n) is 4.31. The summed E-state index contributed by atoms with van der Waals surface area (Å²) in [5, 5.41) is 16.5. The first-order chi connectivity index (χ1) is 13.9. The monoisotopic (exact) mass is 395 g/mol. The van der Waals surface area contributed by atoms with Crippen molar-refractivity contribution < 1.29 is 19.4 Å². The molecule has 1 aromatic heterocycles. The molecule has 2 N–H and O–H groups in total. The predicted octanol–water partition coefficient (Wildman–Crippen LogP) is 1.88. The number of hydrogen-bond acceptors (Lipinski definition) is 6. The minimum Gasteiger partial charge on any atom is -0.448 e. The highest BCUT2D eigenvalue weighted by Crippen LogP contribution is 2.16. The van der Waals surface area contributed by atoms with E-state index in [4.69, 9.17) is 9.84 Å². The Morgan fingerprint density at radius 1 is 1.17 bits per heavy atom. The molecule has 0 aliphatic heterocycles.